The number of hydrogen-bond donors (Lipinski definition) is 4. The lowest BCUT2D eigenvalue weighted by molar-refractivity contribution is -0.130. The molecule has 4 N–H and O–H groups in total. The summed E-state index contributed by atoms with van der Waals surface area (Å²) in [4.78, 5) is 19.6. The van der Waals surface area contributed by atoms with Crippen molar-refractivity contribution >= 4 is 39.2 Å². The van der Waals surface area contributed by atoms with Crippen LogP contribution in [0.2, 0.25) is 0 Å². The molecule has 0 saturated carbocycles. The lowest BCUT2D eigenvalue weighted by atomic mass is 10.3. The summed E-state index contributed by atoms with van der Waals surface area (Å²) in [5, 5.41) is 19.4. The average Bonchev–Trinajstić information content (AvgIpc) is 3.03. The van der Waals surface area contributed by atoms with Gasteiger partial charge in [-0.25, -0.2) is 19.5 Å². The number of aromatic nitrogens is 2. The molecule has 1 heterocycles. The summed E-state index contributed by atoms with van der Waals surface area (Å²) in [6.45, 7) is 1.73. The Morgan fingerprint density at radius 1 is 1.48 bits per heavy atom. The van der Waals surface area contributed by atoms with Gasteiger partial charge < -0.3 is 5.32 Å². The Labute approximate surface area is 149 Å². The molecule has 1 aromatic heterocycles. The van der Waals surface area contributed by atoms with Gasteiger partial charge in [-0.05, 0) is 44.4 Å². The van der Waals surface area contributed by atoms with Crippen LogP contribution in [0.3, 0.4) is 0 Å². The number of hydroxylamine groups is 2. The van der Waals surface area contributed by atoms with E-state index in [1.807, 2.05) is 5.48 Å². The van der Waals surface area contributed by atoms with E-state index < -0.39 is 5.82 Å². The number of nitrogens with one attached hydrogen (secondary N) is 3. The predicted octanol–water partition coefficient (Wildman–Crippen LogP) is 1.51. The molecule has 1 amide bonds. The zero-order valence-electron chi connectivity index (χ0n) is 12.9. The molecule has 0 bridgehead atoms. The van der Waals surface area contributed by atoms with Gasteiger partial charge in [-0.3, -0.25) is 20.3 Å². The maximum atomic E-state index is 13.3. The van der Waals surface area contributed by atoms with Crippen molar-refractivity contribution in [1.82, 2.24) is 21.3 Å². The van der Waals surface area contributed by atoms with Gasteiger partial charge in [-0.15, -0.1) is 0 Å². The molecule has 0 fully saturated rings. The highest BCUT2D eigenvalue weighted by Gasteiger charge is 2.16. The van der Waals surface area contributed by atoms with Crippen LogP contribution in [0.25, 0.3) is 0 Å². The summed E-state index contributed by atoms with van der Waals surface area (Å²) < 4.78 is 18.1. The van der Waals surface area contributed by atoms with E-state index in [9.17, 15) is 14.4 Å². The van der Waals surface area contributed by atoms with Gasteiger partial charge in [0.25, 0.3) is 0 Å². The van der Waals surface area contributed by atoms with Gasteiger partial charge >= 0.3 is 0 Å². The van der Waals surface area contributed by atoms with E-state index in [2.05, 4.69) is 46.7 Å². The average molecular weight is 417 g/mol. The quantitative estimate of drug-likeness (QED) is 0.231. The molecule has 0 saturated heterocycles. The SMILES string of the molecule is CC(=O)NOCCNc1nonc1C(=Nc1ccc(F)c(Br)c1)NO. The van der Waals surface area contributed by atoms with Crippen molar-refractivity contribution in [2.24, 2.45) is 4.99 Å². The van der Waals surface area contributed by atoms with E-state index in [0.29, 0.717) is 5.69 Å². The van der Waals surface area contributed by atoms with Crippen LogP contribution in [0.1, 0.15) is 12.6 Å². The monoisotopic (exact) mass is 416 g/mol. The summed E-state index contributed by atoms with van der Waals surface area (Å²) in [5.74, 6) is -0.645. The van der Waals surface area contributed by atoms with Crippen LogP contribution in [0.4, 0.5) is 15.9 Å². The zero-order valence-corrected chi connectivity index (χ0v) is 14.5. The van der Waals surface area contributed by atoms with Crippen molar-refractivity contribution in [3.05, 3.63) is 34.2 Å². The highest BCUT2D eigenvalue weighted by atomic mass is 79.9. The molecule has 134 valence electrons. The predicted molar refractivity (Wildman–Crippen MR) is 87.8 cm³/mol. The summed E-state index contributed by atoms with van der Waals surface area (Å²) in [7, 11) is 0. The van der Waals surface area contributed by atoms with Crippen LogP contribution in [0.5, 0.6) is 0 Å². The highest BCUT2D eigenvalue weighted by Crippen LogP contribution is 2.23. The van der Waals surface area contributed by atoms with Gasteiger partial charge in [-0.2, -0.15) is 0 Å². The lowest BCUT2D eigenvalue weighted by Gasteiger charge is -2.06. The number of hydrogen-bond acceptors (Lipinski definition) is 8. The van der Waals surface area contributed by atoms with E-state index >= 15 is 0 Å². The number of rotatable bonds is 7. The topological polar surface area (TPSA) is 134 Å². The fourth-order valence-corrected chi connectivity index (χ4v) is 2.01. The van der Waals surface area contributed by atoms with Crippen LogP contribution >= 0.6 is 15.9 Å². The van der Waals surface area contributed by atoms with Crippen LogP contribution in [-0.2, 0) is 9.63 Å². The standard InChI is InChI=1S/C13H14BrFN6O4/c1-7(22)19-24-5-4-16-12-11(20-25-21-12)13(18-23)17-8-2-3-10(15)9(14)6-8/h2-3,6,23H,4-5H2,1H3,(H,16,21)(H,17,18)(H,19,22). The molecule has 0 spiro atoms. The number of nitrogens with zero attached hydrogens (tertiary/aromatic N) is 3. The van der Waals surface area contributed by atoms with Gasteiger partial charge in [0.2, 0.25) is 11.7 Å². The first kappa shape index (κ1) is 18.8. The number of amides is 1. The molecule has 2 rings (SSSR count). The van der Waals surface area contributed by atoms with Crippen LogP contribution in [0.15, 0.2) is 32.3 Å². The van der Waals surface area contributed by atoms with Crippen molar-refractivity contribution in [1.29, 1.82) is 0 Å². The molecular weight excluding hydrogens is 403 g/mol. The van der Waals surface area contributed by atoms with Crippen molar-refractivity contribution < 1.29 is 23.9 Å². The second-order valence-corrected chi connectivity index (χ2v) is 5.42. The third-order valence-electron chi connectivity index (χ3n) is 2.68. The Bertz CT molecular complexity index is 769. The van der Waals surface area contributed by atoms with Gasteiger partial charge in [0.1, 0.15) is 5.82 Å². The third-order valence-corrected chi connectivity index (χ3v) is 3.28. The third kappa shape index (κ3) is 5.48. The smallest absolute Gasteiger partial charge is 0.240 e. The number of halogens is 2. The highest BCUT2D eigenvalue weighted by molar-refractivity contribution is 9.10. The summed E-state index contributed by atoms with van der Waals surface area (Å²) in [6, 6.07) is 4.06. The van der Waals surface area contributed by atoms with Crippen LogP contribution < -0.4 is 16.3 Å². The molecule has 0 aliphatic heterocycles. The molecule has 0 radical (unpaired) electrons. The van der Waals surface area contributed by atoms with Crippen molar-refractivity contribution in [2.45, 2.75) is 6.92 Å². The fourth-order valence-electron chi connectivity index (χ4n) is 1.65. The first-order chi connectivity index (χ1) is 12.0. The molecule has 10 nitrogen and oxygen atoms in total. The number of benzene rings is 1. The molecule has 0 unspecified atom stereocenters. The molecule has 1 aromatic carbocycles. The van der Waals surface area contributed by atoms with Gasteiger partial charge in [-0.1, -0.05) is 0 Å². The number of amidine groups is 1. The van der Waals surface area contributed by atoms with E-state index in [1.165, 1.54) is 25.1 Å². The Hall–Kier alpha value is -2.57. The summed E-state index contributed by atoms with van der Waals surface area (Å²) in [5.41, 5.74) is 4.52. The number of carbonyl (C=O) groups excluding carboxylic acids is 1. The summed E-state index contributed by atoms with van der Waals surface area (Å²) >= 11 is 3.05. The van der Waals surface area contributed by atoms with Gasteiger partial charge in [0.15, 0.2) is 11.5 Å². The van der Waals surface area contributed by atoms with Crippen LogP contribution in [-0.4, -0.2) is 40.4 Å². The molecule has 0 aliphatic carbocycles. The van der Waals surface area contributed by atoms with Crippen LogP contribution in [0, 0.1) is 5.82 Å². The molecule has 0 aliphatic rings. The molecule has 25 heavy (non-hydrogen) atoms. The zero-order chi connectivity index (χ0) is 18.2. The Kier molecular flexibility index (Phi) is 6.80. The molecule has 0 atom stereocenters. The van der Waals surface area contributed by atoms with Crippen molar-refractivity contribution in [2.75, 3.05) is 18.5 Å². The Morgan fingerprint density at radius 3 is 2.96 bits per heavy atom. The normalized spacial score (nSPS) is 11.3. The lowest BCUT2D eigenvalue weighted by Crippen LogP contribution is -2.25. The van der Waals surface area contributed by atoms with Gasteiger partial charge in [0, 0.05) is 13.5 Å². The maximum absolute atomic E-state index is 13.3. The molecule has 2 aromatic rings. The number of anilines is 1. The minimum absolute atomic E-state index is 0.0648. The first-order valence-corrected chi connectivity index (χ1v) is 7.69. The van der Waals surface area contributed by atoms with Gasteiger partial charge in [0.05, 0.1) is 16.8 Å². The first-order valence-electron chi connectivity index (χ1n) is 6.90. The molecular formula is C13H14BrFN6O4. The maximum Gasteiger partial charge on any atom is 0.240 e. The molecule has 12 heteroatoms. The summed E-state index contributed by atoms with van der Waals surface area (Å²) in [6.07, 6.45) is 0. The fraction of sp³-hybridized carbons (Fsp3) is 0.231. The van der Waals surface area contributed by atoms with E-state index in [-0.39, 0.29) is 40.9 Å². The Balaban J connectivity index is 2.08. The number of aliphatic imine (C=N–C) groups is 1. The van der Waals surface area contributed by atoms with E-state index in [0.717, 1.165) is 0 Å². The van der Waals surface area contributed by atoms with Crippen molar-refractivity contribution in [3.8, 4) is 0 Å². The van der Waals surface area contributed by atoms with E-state index in [1.54, 1.807) is 0 Å². The second-order valence-electron chi connectivity index (χ2n) is 4.57. The van der Waals surface area contributed by atoms with Crippen molar-refractivity contribution in [3.63, 3.8) is 0 Å². The largest absolute Gasteiger partial charge is 0.363 e. The minimum Gasteiger partial charge on any atom is -0.363 e. The Morgan fingerprint density at radius 2 is 2.28 bits per heavy atom. The minimum atomic E-state index is -0.443. The van der Waals surface area contributed by atoms with E-state index in [4.69, 9.17) is 4.84 Å². The second kappa shape index (κ2) is 9.05. The number of carbonyl (C=O) groups is 1.